The number of benzene rings is 2. The maximum Gasteiger partial charge on any atom is 0.162 e. The summed E-state index contributed by atoms with van der Waals surface area (Å²) in [4.78, 5) is 9.29. The van der Waals surface area contributed by atoms with Crippen LogP contribution in [0, 0.1) is 0 Å². The zero-order valence-corrected chi connectivity index (χ0v) is 16.1. The lowest BCUT2D eigenvalue weighted by atomic mass is 10.3. The van der Waals surface area contributed by atoms with E-state index in [1.807, 2.05) is 36.4 Å². The molecule has 0 amide bonds. The zero-order chi connectivity index (χ0) is 16.5. The standard InChI is InChI=1S/C16H12N2O2S4/c1-19-9-3-5-11-13(7-9)21-15(17-11)23-24-16-18-12-6-4-10(20-2)8-14(12)22-16/h3-8H,1-2H3. The summed E-state index contributed by atoms with van der Waals surface area (Å²) in [6, 6.07) is 11.9. The van der Waals surface area contributed by atoms with E-state index in [9.17, 15) is 0 Å². The van der Waals surface area contributed by atoms with Gasteiger partial charge in [0.05, 0.1) is 34.7 Å². The van der Waals surface area contributed by atoms with Crippen LogP contribution in [0.2, 0.25) is 0 Å². The summed E-state index contributed by atoms with van der Waals surface area (Å²) >= 11 is 3.33. The predicted octanol–water partition coefficient (Wildman–Crippen LogP) is 5.72. The second kappa shape index (κ2) is 6.79. The van der Waals surface area contributed by atoms with Crippen molar-refractivity contribution in [3.8, 4) is 11.5 Å². The maximum atomic E-state index is 5.26. The summed E-state index contributed by atoms with van der Waals surface area (Å²) in [6.45, 7) is 0. The number of rotatable bonds is 5. The molecular formula is C16H12N2O2S4. The minimum Gasteiger partial charge on any atom is -0.497 e. The van der Waals surface area contributed by atoms with Crippen LogP contribution in [0.25, 0.3) is 20.4 Å². The topological polar surface area (TPSA) is 44.2 Å². The molecule has 4 nitrogen and oxygen atoms in total. The third-order valence-corrected chi connectivity index (χ3v) is 8.34. The molecule has 0 unspecified atom stereocenters. The lowest BCUT2D eigenvalue weighted by Gasteiger charge is -1.96. The van der Waals surface area contributed by atoms with Crippen LogP contribution in [0.3, 0.4) is 0 Å². The van der Waals surface area contributed by atoms with E-state index in [1.54, 1.807) is 58.5 Å². The van der Waals surface area contributed by atoms with Gasteiger partial charge in [-0.1, -0.05) is 0 Å². The van der Waals surface area contributed by atoms with Crippen molar-refractivity contribution < 1.29 is 9.47 Å². The first-order valence-electron chi connectivity index (χ1n) is 6.99. The Morgan fingerprint density at radius 2 is 1.21 bits per heavy atom. The van der Waals surface area contributed by atoms with Crippen molar-refractivity contribution in [1.29, 1.82) is 0 Å². The molecule has 0 aliphatic heterocycles. The number of nitrogens with zero attached hydrogens (tertiary/aromatic N) is 2. The van der Waals surface area contributed by atoms with Crippen molar-refractivity contribution in [2.75, 3.05) is 14.2 Å². The summed E-state index contributed by atoms with van der Waals surface area (Å²) < 4.78 is 14.8. The maximum absolute atomic E-state index is 5.26. The van der Waals surface area contributed by atoms with E-state index in [0.29, 0.717) is 0 Å². The molecule has 0 bridgehead atoms. The fourth-order valence-electron chi connectivity index (χ4n) is 2.16. The summed E-state index contributed by atoms with van der Waals surface area (Å²) in [5, 5.41) is 0. The number of hydrogen-bond donors (Lipinski definition) is 0. The largest absolute Gasteiger partial charge is 0.497 e. The molecule has 0 atom stereocenters. The Morgan fingerprint density at radius 1 is 0.750 bits per heavy atom. The van der Waals surface area contributed by atoms with Crippen LogP contribution in [0.4, 0.5) is 0 Å². The third-order valence-electron chi connectivity index (χ3n) is 3.34. The highest BCUT2D eigenvalue weighted by molar-refractivity contribution is 8.77. The summed E-state index contributed by atoms with van der Waals surface area (Å²) in [5.41, 5.74) is 2.00. The zero-order valence-electron chi connectivity index (χ0n) is 12.8. The average molecular weight is 393 g/mol. The minimum atomic E-state index is 0.857. The SMILES string of the molecule is COc1ccc2nc(SSc3nc4ccc(OC)cc4s3)sc2c1. The van der Waals surface area contributed by atoms with Gasteiger partial charge in [-0.3, -0.25) is 0 Å². The number of methoxy groups -OCH3 is 2. The molecule has 2 aromatic heterocycles. The van der Waals surface area contributed by atoms with E-state index in [0.717, 1.165) is 40.6 Å². The van der Waals surface area contributed by atoms with Crippen LogP contribution in [-0.2, 0) is 0 Å². The highest BCUT2D eigenvalue weighted by Gasteiger charge is 2.10. The number of ether oxygens (including phenoxy) is 2. The lowest BCUT2D eigenvalue weighted by molar-refractivity contribution is 0.415. The van der Waals surface area contributed by atoms with Crippen LogP contribution >= 0.6 is 44.3 Å². The molecular weight excluding hydrogens is 380 g/mol. The Hall–Kier alpha value is -1.48. The third kappa shape index (κ3) is 3.19. The number of fused-ring (bicyclic) bond motifs is 2. The normalized spacial score (nSPS) is 11.2. The molecule has 24 heavy (non-hydrogen) atoms. The van der Waals surface area contributed by atoms with Crippen LogP contribution in [-0.4, -0.2) is 24.2 Å². The Balaban J connectivity index is 1.53. The highest BCUT2D eigenvalue weighted by Crippen LogP contribution is 2.44. The molecule has 4 aromatic rings. The monoisotopic (exact) mass is 392 g/mol. The van der Waals surface area contributed by atoms with E-state index in [4.69, 9.17) is 9.47 Å². The molecule has 2 heterocycles. The van der Waals surface area contributed by atoms with Gasteiger partial charge in [-0.2, -0.15) is 0 Å². The molecule has 8 heteroatoms. The van der Waals surface area contributed by atoms with Gasteiger partial charge in [0.2, 0.25) is 0 Å². The Kier molecular flexibility index (Phi) is 4.53. The van der Waals surface area contributed by atoms with Gasteiger partial charge in [0.25, 0.3) is 0 Å². The van der Waals surface area contributed by atoms with E-state index in [1.165, 1.54) is 0 Å². The highest BCUT2D eigenvalue weighted by atomic mass is 33.1. The van der Waals surface area contributed by atoms with Crippen molar-refractivity contribution in [2.24, 2.45) is 0 Å². The van der Waals surface area contributed by atoms with Gasteiger partial charge >= 0.3 is 0 Å². The summed E-state index contributed by atoms with van der Waals surface area (Å²) in [7, 11) is 6.63. The molecule has 0 fully saturated rings. The first kappa shape index (κ1) is 16.0. The predicted molar refractivity (Wildman–Crippen MR) is 104 cm³/mol. The molecule has 0 saturated heterocycles. The van der Waals surface area contributed by atoms with Gasteiger partial charge < -0.3 is 9.47 Å². The van der Waals surface area contributed by atoms with E-state index < -0.39 is 0 Å². The first-order valence-corrected chi connectivity index (χ1v) is 10.8. The van der Waals surface area contributed by atoms with Gasteiger partial charge in [0.15, 0.2) is 8.68 Å². The lowest BCUT2D eigenvalue weighted by Crippen LogP contribution is -1.80. The molecule has 0 aliphatic rings. The smallest absolute Gasteiger partial charge is 0.162 e. The van der Waals surface area contributed by atoms with Gasteiger partial charge in [-0.25, -0.2) is 9.97 Å². The van der Waals surface area contributed by atoms with Crippen molar-refractivity contribution in [1.82, 2.24) is 9.97 Å². The Labute approximate surface area is 154 Å². The van der Waals surface area contributed by atoms with E-state index in [2.05, 4.69) is 9.97 Å². The quantitative estimate of drug-likeness (QED) is 0.405. The molecule has 0 spiro atoms. The van der Waals surface area contributed by atoms with Gasteiger partial charge in [-0.15, -0.1) is 22.7 Å². The molecule has 0 N–H and O–H groups in total. The van der Waals surface area contributed by atoms with Crippen LogP contribution < -0.4 is 9.47 Å². The van der Waals surface area contributed by atoms with Gasteiger partial charge in [0.1, 0.15) is 11.5 Å². The second-order valence-corrected chi connectivity index (χ2v) is 9.48. The van der Waals surface area contributed by atoms with Crippen LogP contribution in [0.1, 0.15) is 0 Å². The molecule has 4 rings (SSSR count). The average Bonchev–Trinajstić information content (AvgIpc) is 3.21. The van der Waals surface area contributed by atoms with Crippen molar-refractivity contribution in [3.05, 3.63) is 36.4 Å². The van der Waals surface area contributed by atoms with Crippen molar-refractivity contribution >= 4 is 64.7 Å². The molecule has 2 aromatic carbocycles. The fourth-order valence-corrected chi connectivity index (χ4v) is 6.72. The van der Waals surface area contributed by atoms with Crippen LogP contribution in [0.5, 0.6) is 11.5 Å². The van der Waals surface area contributed by atoms with Gasteiger partial charge in [0, 0.05) is 0 Å². The Morgan fingerprint density at radius 3 is 1.62 bits per heavy atom. The van der Waals surface area contributed by atoms with Gasteiger partial charge in [-0.05, 0) is 58.0 Å². The first-order chi connectivity index (χ1) is 11.7. The number of thiazole rings is 2. The molecule has 0 radical (unpaired) electrons. The minimum absolute atomic E-state index is 0.857. The number of aromatic nitrogens is 2. The second-order valence-electron chi connectivity index (χ2n) is 4.79. The molecule has 0 saturated carbocycles. The Bertz CT molecular complexity index is 930. The number of hydrogen-bond acceptors (Lipinski definition) is 8. The summed E-state index contributed by atoms with van der Waals surface area (Å²) in [6.07, 6.45) is 0. The van der Waals surface area contributed by atoms with Crippen molar-refractivity contribution in [2.45, 2.75) is 8.68 Å². The van der Waals surface area contributed by atoms with E-state index >= 15 is 0 Å². The van der Waals surface area contributed by atoms with E-state index in [-0.39, 0.29) is 0 Å². The van der Waals surface area contributed by atoms with Crippen LogP contribution in [0.15, 0.2) is 45.1 Å². The fraction of sp³-hybridized carbons (Fsp3) is 0.125. The van der Waals surface area contributed by atoms with Crippen molar-refractivity contribution in [3.63, 3.8) is 0 Å². The molecule has 0 aliphatic carbocycles. The summed E-state index contributed by atoms with van der Waals surface area (Å²) in [5.74, 6) is 1.71. The molecule has 122 valence electrons.